The van der Waals surface area contributed by atoms with Crippen LogP contribution in [0.2, 0.25) is 5.02 Å². The van der Waals surface area contributed by atoms with Gasteiger partial charge in [-0.2, -0.15) is 0 Å². The molecule has 0 spiro atoms. The van der Waals surface area contributed by atoms with E-state index in [2.05, 4.69) is 20.6 Å². The van der Waals surface area contributed by atoms with Gasteiger partial charge in [-0.3, -0.25) is 0 Å². The SMILES string of the molecule is CCc1nc(NC)cc(Nc2ccc(Cl)c(F)c2)n1. The van der Waals surface area contributed by atoms with Crippen LogP contribution in [0.15, 0.2) is 24.3 Å². The van der Waals surface area contributed by atoms with Crippen LogP contribution >= 0.6 is 11.6 Å². The lowest BCUT2D eigenvalue weighted by molar-refractivity contribution is 0.629. The van der Waals surface area contributed by atoms with Crippen LogP contribution in [-0.2, 0) is 6.42 Å². The molecule has 0 unspecified atom stereocenters. The molecule has 0 aliphatic carbocycles. The van der Waals surface area contributed by atoms with Crippen LogP contribution in [0.3, 0.4) is 0 Å². The molecule has 1 aromatic heterocycles. The van der Waals surface area contributed by atoms with Crippen LogP contribution in [-0.4, -0.2) is 17.0 Å². The van der Waals surface area contributed by atoms with Gasteiger partial charge >= 0.3 is 0 Å². The van der Waals surface area contributed by atoms with Crippen LogP contribution in [0.1, 0.15) is 12.7 Å². The Hall–Kier alpha value is -1.88. The number of rotatable bonds is 4. The molecule has 6 heteroatoms. The summed E-state index contributed by atoms with van der Waals surface area (Å²) in [5.41, 5.74) is 0.588. The number of hydrogen-bond donors (Lipinski definition) is 2. The van der Waals surface area contributed by atoms with E-state index in [0.717, 1.165) is 6.42 Å². The molecule has 0 aliphatic rings. The van der Waals surface area contributed by atoms with Crippen LogP contribution in [0.5, 0.6) is 0 Å². The van der Waals surface area contributed by atoms with Gasteiger partial charge in [0, 0.05) is 25.2 Å². The van der Waals surface area contributed by atoms with E-state index in [1.54, 1.807) is 19.2 Å². The largest absolute Gasteiger partial charge is 0.373 e. The number of aromatic nitrogens is 2. The summed E-state index contributed by atoms with van der Waals surface area (Å²) in [5.74, 6) is 1.57. The predicted octanol–water partition coefficient (Wildman–Crippen LogP) is 3.62. The number of hydrogen-bond acceptors (Lipinski definition) is 4. The fourth-order valence-electron chi connectivity index (χ4n) is 1.57. The van der Waals surface area contributed by atoms with Gasteiger partial charge in [-0.25, -0.2) is 14.4 Å². The van der Waals surface area contributed by atoms with Crippen molar-refractivity contribution >= 4 is 28.9 Å². The van der Waals surface area contributed by atoms with Gasteiger partial charge < -0.3 is 10.6 Å². The summed E-state index contributed by atoms with van der Waals surface area (Å²) in [6.07, 6.45) is 0.721. The second-order valence-electron chi connectivity index (χ2n) is 3.91. The van der Waals surface area contributed by atoms with E-state index in [1.807, 2.05) is 6.92 Å². The van der Waals surface area contributed by atoms with Gasteiger partial charge in [0.25, 0.3) is 0 Å². The van der Waals surface area contributed by atoms with Crippen molar-refractivity contribution in [2.75, 3.05) is 17.7 Å². The molecule has 0 fully saturated rings. The lowest BCUT2D eigenvalue weighted by Gasteiger charge is -2.09. The van der Waals surface area contributed by atoms with Crippen molar-refractivity contribution in [3.63, 3.8) is 0 Å². The van der Waals surface area contributed by atoms with Gasteiger partial charge in [0.15, 0.2) is 0 Å². The number of halogens is 2. The zero-order chi connectivity index (χ0) is 13.8. The molecule has 19 heavy (non-hydrogen) atoms. The van der Waals surface area contributed by atoms with Crippen molar-refractivity contribution in [3.05, 3.63) is 40.9 Å². The molecule has 1 heterocycles. The molecular formula is C13H14ClFN4. The molecule has 1 aromatic carbocycles. The minimum absolute atomic E-state index is 0.0957. The number of anilines is 3. The Balaban J connectivity index is 2.29. The zero-order valence-electron chi connectivity index (χ0n) is 10.7. The first-order valence-electron chi connectivity index (χ1n) is 5.90. The molecule has 100 valence electrons. The van der Waals surface area contributed by atoms with E-state index in [9.17, 15) is 4.39 Å². The molecule has 0 atom stereocenters. The Bertz CT molecular complexity index is 567. The second kappa shape index (κ2) is 5.84. The second-order valence-corrected chi connectivity index (χ2v) is 4.32. The molecule has 0 bridgehead atoms. The van der Waals surface area contributed by atoms with Gasteiger partial charge in [-0.05, 0) is 18.2 Å². The Morgan fingerprint density at radius 1 is 1.21 bits per heavy atom. The monoisotopic (exact) mass is 280 g/mol. The van der Waals surface area contributed by atoms with Crippen LogP contribution in [0.25, 0.3) is 0 Å². The zero-order valence-corrected chi connectivity index (χ0v) is 11.4. The van der Waals surface area contributed by atoms with E-state index >= 15 is 0 Å². The van der Waals surface area contributed by atoms with Crippen molar-refractivity contribution in [2.24, 2.45) is 0 Å². The average molecular weight is 281 g/mol. The number of benzene rings is 1. The highest BCUT2D eigenvalue weighted by atomic mass is 35.5. The van der Waals surface area contributed by atoms with E-state index in [1.165, 1.54) is 12.1 Å². The standard InChI is InChI=1S/C13H14ClFN4/c1-3-11-18-12(16-2)7-13(19-11)17-8-4-5-9(14)10(15)6-8/h4-7H,3H2,1-2H3,(H2,16,17,18,19). The molecule has 2 rings (SSSR count). The van der Waals surface area contributed by atoms with Gasteiger partial charge in [0.05, 0.1) is 5.02 Å². The Morgan fingerprint density at radius 3 is 2.58 bits per heavy atom. The normalized spacial score (nSPS) is 10.3. The first kappa shape index (κ1) is 13.5. The van der Waals surface area contributed by atoms with Gasteiger partial charge in [0.2, 0.25) is 0 Å². The maximum absolute atomic E-state index is 13.4. The van der Waals surface area contributed by atoms with E-state index in [-0.39, 0.29) is 5.02 Å². The summed E-state index contributed by atoms with van der Waals surface area (Å²) in [6.45, 7) is 1.97. The molecule has 2 aromatic rings. The van der Waals surface area contributed by atoms with E-state index in [4.69, 9.17) is 11.6 Å². The number of nitrogens with zero attached hydrogens (tertiary/aromatic N) is 2. The molecule has 0 radical (unpaired) electrons. The lowest BCUT2D eigenvalue weighted by Crippen LogP contribution is -2.03. The van der Waals surface area contributed by atoms with E-state index < -0.39 is 5.82 Å². The minimum Gasteiger partial charge on any atom is -0.373 e. The molecule has 0 aliphatic heterocycles. The third-order valence-electron chi connectivity index (χ3n) is 2.54. The summed E-state index contributed by atoms with van der Waals surface area (Å²) in [4.78, 5) is 8.62. The van der Waals surface area contributed by atoms with Gasteiger partial charge in [-0.1, -0.05) is 18.5 Å². The van der Waals surface area contributed by atoms with Crippen molar-refractivity contribution in [1.82, 2.24) is 9.97 Å². The average Bonchev–Trinajstić information content (AvgIpc) is 2.42. The molecule has 2 N–H and O–H groups in total. The van der Waals surface area contributed by atoms with Crippen LogP contribution in [0.4, 0.5) is 21.7 Å². The maximum atomic E-state index is 13.4. The summed E-state index contributed by atoms with van der Waals surface area (Å²) in [6, 6.07) is 6.28. The predicted molar refractivity (Wildman–Crippen MR) is 75.6 cm³/mol. The van der Waals surface area contributed by atoms with Crippen LogP contribution in [0, 0.1) is 5.82 Å². The summed E-state index contributed by atoms with van der Waals surface area (Å²) < 4.78 is 13.4. The first-order valence-corrected chi connectivity index (χ1v) is 6.28. The Labute approximate surface area is 116 Å². The lowest BCUT2D eigenvalue weighted by atomic mass is 10.3. The van der Waals surface area contributed by atoms with Crippen molar-refractivity contribution in [2.45, 2.75) is 13.3 Å². The van der Waals surface area contributed by atoms with Gasteiger partial charge in [0.1, 0.15) is 23.3 Å². The maximum Gasteiger partial charge on any atom is 0.143 e. The summed E-state index contributed by atoms with van der Waals surface area (Å²) in [5, 5.41) is 6.09. The van der Waals surface area contributed by atoms with Gasteiger partial charge in [-0.15, -0.1) is 0 Å². The Morgan fingerprint density at radius 2 is 1.95 bits per heavy atom. The number of nitrogens with one attached hydrogen (secondary N) is 2. The molecular weight excluding hydrogens is 267 g/mol. The molecule has 0 saturated heterocycles. The quantitative estimate of drug-likeness (QED) is 0.898. The fraction of sp³-hybridized carbons (Fsp3) is 0.231. The summed E-state index contributed by atoms with van der Waals surface area (Å²) >= 11 is 5.64. The van der Waals surface area contributed by atoms with Crippen molar-refractivity contribution < 1.29 is 4.39 Å². The highest BCUT2D eigenvalue weighted by Crippen LogP contribution is 2.22. The van der Waals surface area contributed by atoms with E-state index in [0.29, 0.717) is 23.1 Å². The van der Waals surface area contributed by atoms with Crippen LogP contribution < -0.4 is 10.6 Å². The van der Waals surface area contributed by atoms with Crippen molar-refractivity contribution in [1.29, 1.82) is 0 Å². The highest BCUT2D eigenvalue weighted by molar-refractivity contribution is 6.30. The third-order valence-corrected chi connectivity index (χ3v) is 2.84. The molecule has 0 amide bonds. The van der Waals surface area contributed by atoms with Crippen molar-refractivity contribution in [3.8, 4) is 0 Å². The number of aryl methyl sites for hydroxylation is 1. The first-order chi connectivity index (χ1) is 9.12. The topological polar surface area (TPSA) is 49.8 Å². The summed E-state index contributed by atoms with van der Waals surface area (Å²) in [7, 11) is 1.79. The fourth-order valence-corrected chi connectivity index (χ4v) is 1.69. The minimum atomic E-state index is -0.467. The smallest absolute Gasteiger partial charge is 0.143 e. The molecule has 0 saturated carbocycles. The molecule has 4 nitrogen and oxygen atoms in total. The highest BCUT2D eigenvalue weighted by Gasteiger charge is 2.05. The third kappa shape index (κ3) is 3.32. The Kier molecular flexibility index (Phi) is 4.16.